The summed E-state index contributed by atoms with van der Waals surface area (Å²) < 4.78 is 28.6. The maximum Gasteiger partial charge on any atom is 0.285 e. The van der Waals surface area contributed by atoms with E-state index in [0.29, 0.717) is 43.9 Å². The number of fused-ring (bicyclic) bond motifs is 1. The molecule has 2 heterocycles. The molecule has 2 aromatic carbocycles. The summed E-state index contributed by atoms with van der Waals surface area (Å²) in [4.78, 5) is 16.9. The second-order valence-electron chi connectivity index (χ2n) is 8.60. The summed E-state index contributed by atoms with van der Waals surface area (Å²) in [6.45, 7) is 1.91. The fourth-order valence-corrected chi connectivity index (χ4v) is 5.51. The number of hydrogen-bond donors (Lipinski definition) is 1. The van der Waals surface area contributed by atoms with Gasteiger partial charge in [-0.2, -0.15) is 8.42 Å². The quantitative estimate of drug-likeness (QED) is 0.679. The maximum atomic E-state index is 12.6. The summed E-state index contributed by atoms with van der Waals surface area (Å²) in [6, 6.07) is 15.4. The molecule has 0 aromatic heterocycles. The highest BCUT2D eigenvalue weighted by Crippen LogP contribution is 2.29. The van der Waals surface area contributed by atoms with Crippen molar-refractivity contribution in [3.05, 3.63) is 59.7 Å². The van der Waals surface area contributed by atoms with E-state index < -0.39 is 10.0 Å². The molecule has 2 aromatic rings. The third kappa shape index (κ3) is 4.80. The van der Waals surface area contributed by atoms with Crippen molar-refractivity contribution in [2.45, 2.75) is 30.6 Å². The number of hydrogen-bond acceptors (Lipinski definition) is 5. The van der Waals surface area contributed by atoms with Crippen LogP contribution in [0, 0.1) is 5.92 Å². The van der Waals surface area contributed by atoms with Crippen LogP contribution < -0.4 is 10.2 Å². The van der Waals surface area contributed by atoms with Gasteiger partial charge in [-0.05, 0) is 55.5 Å². The number of sulfonamides is 1. The summed E-state index contributed by atoms with van der Waals surface area (Å²) >= 11 is 0. The van der Waals surface area contributed by atoms with E-state index in [1.165, 1.54) is 11.3 Å². The first kappa shape index (κ1) is 22.3. The standard InChI is InChI=1S/C24H30N4O3S/c1-27(2)20-11-9-18(10-12-20)6-5-15-25-24(29)19-13-16-28(17-14-19)23-21-7-3-4-8-22(21)32(30,31)26-23/h3-4,7-12,19H,5-6,13-17H2,1-2H3,(H,25,29). The normalized spacial score (nSPS) is 17.6. The number of likely N-dealkylation sites (tertiary alicyclic amines) is 1. The van der Waals surface area contributed by atoms with Crippen LogP contribution >= 0.6 is 0 Å². The second-order valence-corrected chi connectivity index (χ2v) is 10.2. The SMILES string of the molecule is CN(C)c1ccc(CCCNC(=O)C2CCN(C3=NS(=O)(=O)c4ccccc43)CC2)cc1. The van der Waals surface area contributed by atoms with Crippen molar-refractivity contribution in [1.29, 1.82) is 0 Å². The van der Waals surface area contributed by atoms with Crippen molar-refractivity contribution < 1.29 is 13.2 Å². The molecule has 4 rings (SSSR count). The minimum Gasteiger partial charge on any atom is -0.378 e. The number of carbonyl (C=O) groups is 1. The van der Waals surface area contributed by atoms with Crippen molar-refractivity contribution in [1.82, 2.24) is 10.2 Å². The van der Waals surface area contributed by atoms with E-state index >= 15 is 0 Å². The van der Waals surface area contributed by atoms with Gasteiger partial charge in [0.1, 0.15) is 4.90 Å². The summed E-state index contributed by atoms with van der Waals surface area (Å²) in [5.41, 5.74) is 3.11. The third-order valence-electron chi connectivity index (χ3n) is 6.17. The lowest BCUT2D eigenvalue weighted by Crippen LogP contribution is -2.43. The molecule has 0 radical (unpaired) electrons. The first-order valence-corrected chi connectivity index (χ1v) is 12.5. The van der Waals surface area contributed by atoms with Crippen LogP contribution in [0.3, 0.4) is 0 Å². The largest absolute Gasteiger partial charge is 0.378 e. The fraction of sp³-hybridized carbons (Fsp3) is 0.417. The third-order valence-corrected chi connectivity index (χ3v) is 7.50. The van der Waals surface area contributed by atoms with Crippen LogP contribution in [0.4, 0.5) is 5.69 Å². The van der Waals surface area contributed by atoms with Crippen LogP contribution in [0.2, 0.25) is 0 Å². The molecule has 0 saturated carbocycles. The van der Waals surface area contributed by atoms with E-state index in [1.807, 2.05) is 25.1 Å². The van der Waals surface area contributed by atoms with Gasteiger partial charge in [-0.25, -0.2) is 0 Å². The Bertz CT molecular complexity index is 1100. The minimum absolute atomic E-state index is 0.0421. The van der Waals surface area contributed by atoms with Gasteiger partial charge in [-0.15, -0.1) is 4.40 Å². The van der Waals surface area contributed by atoms with Gasteiger partial charge >= 0.3 is 0 Å². The number of amides is 1. The number of anilines is 1. The first-order chi connectivity index (χ1) is 15.3. The molecule has 1 amide bonds. The van der Waals surface area contributed by atoms with E-state index in [9.17, 15) is 13.2 Å². The van der Waals surface area contributed by atoms with E-state index in [-0.39, 0.29) is 16.7 Å². The van der Waals surface area contributed by atoms with E-state index in [4.69, 9.17) is 0 Å². The van der Waals surface area contributed by atoms with Crippen LogP contribution in [0.15, 0.2) is 57.8 Å². The molecule has 2 aliphatic rings. The summed E-state index contributed by atoms with van der Waals surface area (Å²) in [7, 11) is 0.436. The number of aryl methyl sites for hydroxylation is 1. The lowest BCUT2D eigenvalue weighted by atomic mass is 9.95. The smallest absolute Gasteiger partial charge is 0.285 e. The Morgan fingerprint density at radius 1 is 1.09 bits per heavy atom. The molecular formula is C24H30N4O3S. The second kappa shape index (κ2) is 9.32. The molecule has 0 aliphatic carbocycles. The molecule has 8 heteroatoms. The predicted molar refractivity (Wildman–Crippen MR) is 127 cm³/mol. The van der Waals surface area contributed by atoms with Gasteiger partial charge in [-0.3, -0.25) is 4.79 Å². The van der Waals surface area contributed by atoms with Crippen LogP contribution in [-0.2, 0) is 21.2 Å². The number of piperidine rings is 1. The van der Waals surface area contributed by atoms with Gasteiger partial charge in [0.2, 0.25) is 5.91 Å². The average molecular weight is 455 g/mol. The lowest BCUT2D eigenvalue weighted by molar-refractivity contribution is -0.126. The molecular weight excluding hydrogens is 424 g/mol. The zero-order valence-electron chi connectivity index (χ0n) is 18.6. The Kier molecular flexibility index (Phi) is 6.50. The Morgan fingerprint density at radius 3 is 2.47 bits per heavy atom. The number of nitrogens with one attached hydrogen (secondary N) is 1. The predicted octanol–water partition coefficient (Wildman–Crippen LogP) is 2.66. The van der Waals surface area contributed by atoms with Crippen LogP contribution in [0.5, 0.6) is 0 Å². The molecule has 0 spiro atoms. The molecule has 0 bridgehead atoms. The fourth-order valence-electron chi connectivity index (χ4n) is 4.28. The molecule has 7 nitrogen and oxygen atoms in total. The van der Waals surface area contributed by atoms with E-state index in [2.05, 4.69) is 38.9 Å². The van der Waals surface area contributed by atoms with Gasteiger partial charge < -0.3 is 15.1 Å². The number of rotatable bonds is 6. The van der Waals surface area contributed by atoms with Crippen molar-refractivity contribution in [2.24, 2.45) is 10.3 Å². The van der Waals surface area contributed by atoms with Gasteiger partial charge in [0.25, 0.3) is 10.0 Å². The highest BCUT2D eigenvalue weighted by atomic mass is 32.2. The van der Waals surface area contributed by atoms with Gasteiger partial charge in [-0.1, -0.05) is 24.3 Å². The topological polar surface area (TPSA) is 82.1 Å². The summed E-state index contributed by atoms with van der Waals surface area (Å²) in [6.07, 6.45) is 3.22. The molecule has 1 N–H and O–H groups in total. The van der Waals surface area contributed by atoms with Crippen molar-refractivity contribution in [3.8, 4) is 0 Å². The molecule has 0 atom stereocenters. The Labute approximate surface area is 190 Å². The summed E-state index contributed by atoms with van der Waals surface area (Å²) in [5, 5.41) is 3.07. The number of nitrogens with zero attached hydrogens (tertiary/aromatic N) is 3. The number of carbonyl (C=O) groups excluding carboxylic acids is 1. The highest BCUT2D eigenvalue weighted by molar-refractivity contribution is 7.90. The highest BCUT2D eigenvalue weighted by Gasteiger charge is 2.34. The number of amidine groups is 1. The first-order valence-electron chi connectivity index (χ1n) is 11.1. The number of benzene rings is 2. The molecule has 0 unspecified atom stereocenters. The Balaban J connectivity index is 1.23. The van der Waals surface area contributed by atoms with Crippen LogP contribution in [-0.4, -0.2) is 58.8 Å². The molecule has 2 aliphatic heterocycles. The summed E-state index contributed by atoms with van der Waals surface area (Å²) in [5.74, 6) is 0.563. The van der Waals surface area contributed by atoms with E-state index in [0.717, 1.165) is 12.8 Å². The van der Waals surface area contributed by atoms with Crippen LogP contribution in [0.25, 0.3) is 0 Å². The minimum atomic E-state index is -3.61. The van der Waals surface area contributed by atoms with Crippen molar-refractivity contribution in [3.63, 3.8) is 0 Å². The maximum absolute atomic E-state index is 12.6. The lowest BCUT2D eigenvalue weighted by Gasteiger charge is -2.32. The monoisotopic (exact) mass is 454 g/mol. The Morgan fingerprint density at radius 2 is 1.78 bits per heavy atom. The zero-order valence-corrected chi connectivity index (χ0v) is 19.4. The van der Waals surface area contributed by atoms with Crippen LogP contribution in [0.1, 0.15) is 30.4 Å². The Hall–Kier alpha value is -2.87. The zero-order chi connectivity index (χ0) is 22.7. The van der Waals surface area contributed by atoms with Gasteiger partial charge in [0.05, 0.1) is 0 Å². The molecule has 1 saturated heterocycles. The molecule has 32 heavy (non-hydrogen) atoms. The van der Waals surface area contributed by atoms with Gasteiger partial charge in [0, 0.05) is 50.9 Å². The van der Waals surface area contributed by atoms with Gasteiger partial charge in [0.15, 0.2) is 5.84 Å². The average Bonchev–Trinajstić information content (AvgIpc) is 3.08. The molecule has 1 fully saturated rings. The molecule has 170 valence electrons. The van der Waals surface area contributed by atoms with Crippen molar-refractivity contribution in [2.75, 3.05) is 38.6 Å². The van der Waals surface area contributed by atoms with Crippen molar-refractivity contribution >= 4 is 27.5 Å². The van der Waals surface area contributed by atoms with E-state index in [1.54, 1.807) is 18.2 Å².